The van der Waals surface area contributed by atoms with Crippen molar-refractivity contribution in [3.05, 3.63) is 42.2 Å². The SMILES string of the molecule is COc1ccc(N2CCC(NCC(O)c3cnn(C)c3)CC2)cc1. The third-order valence-electron chi connectivity index (χ3n) is 4.64. The van der Waals surface area contributed by atoms with Gasteiger partial charge in [-0.25, -0.2) is 0 Å². The molecule has 6 nitrogen and oxygen atoms in total. The number of piperidine rings is 1. The average molecular weight is 330 g/mol. The Balaban J connectivity index is 1.44. The van der Waals surface area contributed by atoms with Crippen LogP contribution in [0.5, 0.6) is 5.75 Å². The van der Waals surface area contributed by atoms with Crippen LogP contribution in [0.15, 0.2) is 36.7 Å². The number of hydrogen-bond donors (Lipinski definition) is 2. The predicted octanol–water partition coefficient (Wildman–Crippen LogP) is 1.72. The van der Waals surface area contributed by atoms with E-state index >= 15 is 0 Å². The minimum atomic E-state index is -0.502. The highest BCUT2D eigenvalue weighted by Crippen LogP contribution is 2.23. The van der Waals surface area contributed by atoms with Gasteiger partial charge in [-0.05, 0) is 37.1 Å². The summed E-state index contributed by atoms with van der Waals surface area (Å²) in [6, 6.07) is 8.68. The van der Waals surface area contributed by atoms with E-state index < -0.39 is 6.10 Å². The molecule has 1 aliphatic heterocycles. The summed E-state index contributed by atoms with van der Waals surface area (Å²) in [4.78, 5) is 2.40. The summed E-state index contributed by atoms with van der Waals surface area (Å²) in [5, 5.41) is 17.8. The van der Waals surface area contributed by atoms with E-state index in [0.29, 0.717) is 12.6 Å². The topological polar surface area (TPSA) is 62.6 Å². The number of anilines is 1. The normalized spacial score (nSPS) is 17.0. The molecule has 3 rings (SSSR count). The van der Waals surface area contributed by atoms with Crippen LogP contribution in [0.2, 0.25) is 0 Å². The number of nitrogens with zero attached hydrogens (tertiary/aromatic N) is 3. The Morgan fingerprint density at radius 1 is 1.29 bits per heavy atom. The largest absolute Gasteiger partial charge is 0.497 e. The number of rotatable bonds is 6. The van der Waals surface area contributed by atoms with Crippen LogP contribution in [0.3, 0.4) is 0 Å². The molecule has 2 heterocycles. The van der Waals surface area contributed by atoms with Gasteiger partial charge in [0.1, 0.15) is 5.75 Å². The van der Waals surface area contributed by atoms with Gasteiger partial charge in [-0.3, -0.25) is 4.68 Å². The molecule has 0 amide bonds. The third kappa shape index (κ3) is 4.07. The van der Waals surface area contributed by atoms with Gasteiger partial charge in [0.25, 0.3) is 0 Å². The number of nitrogens with one attached hydrogen (secondary N) is 1. The molecule has 0 radical (unpaired) electrons. The Labute approximate surface area is 143 Å². The molecule has 1 aromatic heterocycles. The molecule has 0 bridgehead atoms. The predicted molar refractivity (Wildman–Crippen MR) is 94.4 cm³/mol. The molecule has 1 saturated heterocycles. The Morgan fingerprint density at radius 2 is 2.00 bits per heavy atom. The molecule has 0 spiro atoms. The van der Waals surface area contributed by atoms with Crippen molar-refractivity contribution in [3.8, 4) is 5.75 Å². The van der Waals surface area contributed by atoms with E-state index in [1.807, 2.05) is 25.4 Å². The quantitative estimate of drug-likeness (QED) is 0.844. The summed E-state index contributed by atoms with van der Waals surface area (Å²) in [5.74, 6) is 0.889. The maximum Gasteiger partial charge on any atom is 0.119 e. The zero-order chi connectivity index (χ0) is 16.9. The summed E-state index contributed by atoms with van der Waals surface area (Å²) in [5.41, 5.74) is 2.10. The molecule has 1 atom stereocenters. The van der Waals surface area contributed by atoms with Gasteiger partial charge in [0.15, 0.2) is 0 Å². The van der Waals surface area contributed by atoms with E-state index in [9.17, 15) is 5.11 Å². The molecule has 24 heavy (non-hydrogen) atoms. The van der Waals surface area contributed by atoms with Crippen molar-refractivity contribution in [2.45, 2.75) is 25.0 Å². The van der Waals surface area contributed by atoms with Gasteiger partial charge in [0.05, 0.1) is 19.4 Å². The van der Waals surface area contributed by atoms with Gasteiger partial charge in [0.2, 0.25) is 0 Å². The fraction of sp³-hybridized carbons (Fsp3) is 0.500. The van der Waals surface area contributed by atoms with E-state index in [-0.39, 0.29) is 0 Å². The maximum absolute atomic E-state index is 10.2. The van der Waals surface area contributed by atoms with Gasteiger partial charge in [-0.2, -0.15) is 5.10 Å². The Bertz CT molecular complexity index is 633. The minimum absolute atomic E-state index is 0.450. The van der Waals surface area contributed by atoms with Crippen LogP contribution in [0.25, 0.3) is 0 Å². The molecule has 1 unspecified atom stereocenters. The van der Waals surface area contributed by atoms with Crippen LogP contribution in [-0.4, -0.2) is 47.7 Å². The lowest BCUT2D eigenvalue weighted by molar-refractivity contribution is 0.167. The van der Waals surface area contributed by atoms with E-state index in [2.05, 4.69) is 27.4 Å². The number of ether oxygens (including phenoxy) is 1. The van der Waals surface area contributed by atoms with Crippen molar-refractivity contribution in [3.63, 3.8) is 0 Å². The van der Waals surface area contributed by atoms with Crippen molar-refractivity contribution in [1.29, 1.82) is 0 Å². The summed E-state index contributed by atoms with van der Waals surface area (Å²) < 4.78 is 6.92. The maximum atomic E-state index is 10.2. The third-order valence-corrected chi connectivity index (χ3v) is 4.64. The fourth-order valence-electron chi connectivity index (χ4n) is 3.14. The first-order valence-corrected chi connectivity index (χ1v) is 8.44. The summed E-state index contributed by atoms with van der Waals surface area (Å²) in [7, 11) is 3.55. The van der Waals surface area contributed by atoms with Crippen LogP contribution in [0, 0.1) is 0 Å². The molecule has 1 fully saturated rings. The highest BCUT2D eigenvalue weighted by molar-refractivity contribution is 5.49. The Morgan fingerprint density at radius 3 is 2.58 bits per heavy atom. The molecule has 1 aliphatic rings. The van der Waals surface area contributed by atoms with Gasteiger partial charge in [0, 0.05) is 50.2 Å². The molecule has 2 N–H and O–H groups in total. The van der Waals surface area contributed by atoms with Crippen molar-refractivity contribution in [2.75, 3.05) is 31.6 Å². The Hall–Kier alpha value is -2.05. The number of aromatic nitrogens is 2. The van der Waals surface area contributed by atoms with Crippen LogP contribution in [0.1, 0.15) is 24.5 Å². The van der Waals surface area contributed by atoms with Crippen molar-refractivity contribution >= 4 is 5.69 Å². The minimum Gasteiger partial charge on any atom is -0.497 e. The summed E-state index contributed by atoms with van der Waals surface area (Å²) in [6.45, 7) is 2.61. The molecule has 130 valence electrons. The molecule has 0 saturated carbocycles. The second-order valence-electron chi connectivity index (χ2n) is 6.33. The highest BCUT2D eigenvalue weighted by atomic mass is 16.5. The van der Waals surface area contributed by atoms with Crippen LogP contribution in [-0.2, 0) is 7.05 Å². The zero-order valence-corrected chi connectivity index (χ0v) is 14.4. The van der Waals surface area contributed by atoms with Crippen molar-refractivity contribution in [2.24, 2.45) is 7.05 Å². The fourth-order valence-corrected chi connectivity index (χ4v) is 3.14. The first-order valence-electron chi connectivity index (χ1n) is 8.44. The van der Waals surface area contributed by atoms with E-state index in [1.54, 1.807) is 18.0 Å². The molecule has 2 aromatic rings. The number of hydrogen-bond acceptors (Lipinski definition) is 5. The van der Waals surface area contributed by atoms with Gasteiger partial charge >= 0.3 is 0 Å². The number of benzene rings is 1. The van der Waals surface area contributed by atoms with Crippen LogP contribution >= 0.6 is 0 Å². The lowest BCUT2D eigenvalue weighted by Crippen LogP contribution is -2.43. The number of methoxy groups -OCH3 is 1. The van der Waals surface area contributed by atoms with Gasteiger partial charge in [-0.1, -0.05) is 0 Å². The molecular formula is C18H26N4O2. The average Bonchev–Trinajstić information content (AvgIpc) is 3.07. The molecule has 0 aliphatic carbocycles. The smallest absolute Gasteiger partial charge is 0.119 e. The standard InChI is InChI=1S/C18H26N4O2/c1-21-13-14(11-20-21)18(23)12-19-15-7-9-22(10-8-15)16-3-5-17(24-2)6-4-16/h3-6,11,13,15,18-19,23H,7-10,12H2,1-2H3. The van der Waals surface area contributed by atoms with Crippen molar-refractivity contribution in [1.82, 2.24) is 15.1 Å². The summed E-state index contributed by atoms with van der Waals surface area (Å²) >= 11 is 0. The van der Waals surface area contributed by atoms with E-state index in [4.69, 9.17) is 4.74 Å². The van der Waals surface area contributed by atoms with E-state index in [0.717, 1.165) is 37.2 Å². The number of aliphatic hydroxyl groups excluding tert-OH is 1. The lowest BCUT2D eigenvalue weighted by Gasteiger charge is -2.34. The van der Waals surface area contributed by atoms with Crippen LogP contribution in [0.4, 0.5) is 5.69 Å². The highest BCUT2D eigenvalue weighted by Gasteiger charge is 2.20. The first-order chi connectivity index (χ1) is 11.7. The monoisotopic (exact) mass is 330 g/mol. The number of aliphatic hydroxyl groups is 1. The molecule has 6 heteroatoms. The molecule has 1 aromatic carbocycles. The van der Waals surface area contributed by atoms with E-state index in [1.165, 1.54) is 5.69 Å². The van der Waals surface area contributed by atoms with Gasteiger partial charge in [-0.15, -0.1) is 0 Å². The van der Waals surface area contributed by atoms with Crippen LogP contribution < -0.4 is 15.0 Å². The van der Waals surface area contributed by atoms with Gasteiger partial charge < -0.3 is 20.1 Å². The Kier molecular flexibility index (Phi) is 5.37. The summed E-state index contributed by atoms with van der Waals surface area (Å²) in [6.07, 6.45) is 5.23. The molecular weight excluding hydrogens is 304 g/mol. The van der Waals surface area contributed by atoms with Crippen molar-refractivity contribution < 1.29 is 9.84 Å². The second-order valence-corrected chi connectivity index (χ2v) is 6.33. The second kappa shape index (κ2) is 7.68. The zero-order valence-electron chi connectivity index (χ0n) is 14.4. The number of aryl methyl sites for hydroxylation is 1. The first kappa shape index (κ1) is 16.8. The lowest BCUT2D eigenvalue weighted by atomic mass is 10.0.